The van der Waals surface area contributed by atoms with Gasteiger partial charge >= 0.3 is 6.18 Å². The first-order valence-corrected chi connectivity index (χ1v) is 7.55. The lowest BCUT2D eigenvalue weighted by molar-refractivity contribution is -0.137. The summed E-state index contributed by atoms with van der Waals surface area (Å²) < 4.78 is 43.9. The zero-order valence-corrected chi connectivity index (χ0v) is 12.7. The van der Waals surface area contributed by atoms with Gasteiger partial charge in [-0.3, -0.25) is 0 Å². The van der Waals surface area contributed by atoms with E-state index in [-0.39, 0.29) is 12.0 Å². The van der Waals surface area contributed by atoms with E-state index in [1.807, 2.05) is 25.2 Å². The Morgan fingerprint density at radius 3 is 2.43 bits per heavy atom. The summed E-state index contributed by atoms with van der Waals surface area (Å²) in [5, 5.41) is 3.16. The highest BCUT2D eigenvalue weighted by Gasteiger charge is 2.34. The summed E-state index contributed by atoms with van der Waals surface area (Å²) in [6.07, 6.45) is -3.56. The lowest BCUT2D eigenvalue weighted by Crippen LogP contribution is -2.25. The van der Waals surface area contributed by atoms with E-state index < -0.39 is 11.7 Å². The molecule has 0 unspecified atom stereocenters. The molecule has 1 aliphatic carbocycles. The topological polar surface area (TPSA) is 21.3 Å². The first-order valence-electron chi connectivity index (χ1n) is 7.55. The van der Waals surface area contributed by atoms with Gasteiger partial charge in [-0.15, -0.1) is 0 Å². The first kappa shape index (κ1) is 15.9. The maximum absolute atomic E-state index is 12.6. The minimum atomic E-state index is -4.33. The van der Waals surface area contributed by atoms with Crippen molar-refractivity contribution >= 4 is 0 Å². The van der Waals surface area contributed by atoms with Gasteiger partial charge in [-0.2, -0.15) is 13.2 Å². The zero-order valence-electron chi connectivity index (χ0n) is 12.7. The number of rotatable bonds is 4. The third kappa shape index (κ3) is 3.34. The van der Waals surface area contributed by atoms with Gasteiger partial charge in [0.05, 0.1) is 5.56 Å². The van der Waals surface area contributed by atoms with Gasteiger partial charge in [-0.25, -0.2) is 0 Å². The van der Waals surface area contributed by atoms with Gasteiger partial charge in [-0.05, 0) is 48.9 Å². The molecular weight excluding hydrogens is 303 g/mol. The average molecular weight is 321 g/mol. The molecule has 0 heterocycles. The van der Waals surface area contributed by atoms with Crippen LogP contribution in [-0.4, -0.2) is 13.6 Å². The van der Waals surface area contributed by atoms with Gasteiger partial charge in [0.15, 0.2) is 0 Å². The number of hydrogen-bond donors (Lipinski definition) is 1. The molecule has 3 rings (SSSR count). The summed E-state index contributed by atoms with van der Waals surface area (Å²) >= 11 is 0. The van der Waals surface area contributed by atoms with Crippen LogP contribution in [0.3, 0.4) is 0 Å². The quantitative estimate of drug-likeness (QED) is 0.910. The Balaban J connectivity index is 1.82. The number of alkyl halides is 3. The van der Waals surface area contributed by atoms with Crippen LogP contribution in [0.5, 0.6) is 5.75 Å². The van der Waals surface area contributed by atoms with E-state index in [1.165, 1.54) is 17.7 Å². The first-order chi connectivity index (χ1) is 11.0. The second-order valence-corrected chi connectivity index (χ2v) is 5.78. The second-order valence-electron chi connectivity index (χ2n) is 5.78. The third-order valence-corrected chi connectivity index (χ3v) is 4.18. The number of ether oxygens (including phenoxy) is 1. The normalized spacial score (nSPS) is 20.3. The predicted molar refractivity (Wildman–Crippen MR) is 82.4 cm³/mol. The van der Waals surface area contributed by atoms with Crippen LogP contribution < -0.4 is 10.1 Å². The Labute approximate surface area is 133 Å². The molecule has 0 fully saturated rings. The van der Waals surface area contributed by atoms with Crippen LogP contribution in [0.2, 0.25) is 0 Å². The van der Waals surface area contributed by atoms with E-state index in [1.54, 1.807) is 0 Å². The molecule has 0 saturated heterocycles. The molecule has 2 atom stereocenters. The fraction of sp³-hybridized carbons (Fsp3) is 0.333. The third-order valence-electron chi connectivity index (χ3n) is 4.18. The summed E-state index contributed by atoms with van der Waals surface area (Å²) in [5.41, 5.74) is 1.70. The smallest absolute Gasteiger partial charge is 0.416 e. The fourth-order valence-electron chi connectivity index (χ4n) is 3.11. The lowest BCUT2D eigenvalue weighted by atomic mass is 10.0. The Kier molecular flexibility index (Phi) is 4.31. The molecule has 0 amide bonds. The van der Waals surface area contributed by atoms with Crippen molar-refractivity contribution in [3.05, 3.63) is 65.2 Å². The second kappa shape index (κ2) is 6.24. The van der Waals surface area contributed by atoms with Gasteiger partial charge in [0.2, 0.25) is 0 Å². The molecule has 5 heteroatoms. The van der Waals surface area contributed by atoms with Crippen molar-refractivity contribution in [3.63, 3.8) is 0 Å². The van der Waals surface area contributed by atoms with Crippen LogP contribution in [0.4, 0.5) is 13.2 Å². The number of benzene rings is 2. The summed E-state index contributed by atoms with van der Waals surface area (Å²) in [6, 6.07) is 13.0. The highest BCUT2D eigenvalue weighted by molar-refractivity contribution is 5.37. The Morgan fingerprint density at radius 2 is 1.78 bits per heavy atom. The van der Waals surface area contributed by atoms with Crippen molar-refractivity contribution < 1.29 is 17.9 Å². The van der Waals surface area contributed by atoms with Crippen LogP contribution in [0, 0.1) is 5.92 Å². The van der Waals surface area contributed by atoms with Crippen LogP contribution in [-0.2, 0) is 12.6 Å². The highest BCUT2D eigenvalue weighted by Crippen LogP contribution is 2.39. The molecule has 0 aliphatic heterocycles. The molecule has 1 N–H and O–H groups in total. The van der Waals surface area contributed by atoms with E-state index in [0.29, 0.717) is 5.75 Å². The van der Waals surface area contributed by atoms with Crippen LogP contribution in [0.1, 0.15) is 22.8 Å². The molecule has 1 aliphatic rings. The molecule has 2 aromatic rings. The van der Waals surface area contributed by atoms with Gasteiger partial charge < -0.3 is 10.1 Å². The minimum absolute atomic E-state index is 0.143. The summed E-state index contributed by atoms with van der Waals surface area (Å²) in [4.78, 5) is 0. The van der Waals surface area contributed by atoms with Crippen molar-refractivity contribution in [3.8, 4) is 5.75 Å². The van der Waals surface area contributed by atoms with Crippen molar-refractivity contribution in [2.45, 2.75) is 18.7 Å². The van der Waals surface area contributed by atoms with Gasteiger partial charge in [0, 0.05) is 12.5 Å². The molecule has 0 aromatic heterocycles. The van der Waals surface area contributed by atoms with Crippen molar-refractivity contribution in [1.29, 1.82) is 0 Å². The molecule has 23 heavy (non-hydrogen) atoms. The van der Waals surface area contributed by atoms with E-state index in [9.17, 15) is 13.2 Å². The SMILES string of the molecule is CNC[C@H]1Cc2ccccc2[C@H]1Oc1ccc(C(F)(F)F)cc1. The predicted octanol–water partition coefficient (Wildman–Crippen LogP) is 4.22. The van der Waals surface area contributed by atoms with Crippen LogP contribution in [0.15, 0.2) is 48.5 Å². The average Bonchev–Trinajstić information content (AvgIpc) is 2.85. The van der Waals surface area contributed by atoms with Crippen molar-refractivity contribution in [1.82, 2.24) is 5.32 Å². The van der Waals surface area contributed by atoms with Gasteiger partial charge in [-0.1, -0.05) is 24.3 Å². The monoisotopic (exact) mass is 321 g/mol. The Bertz CT molecular complexity index is 667. The molecule has 0 saturated carbocycles. The summed E-state index contributed by atoms with van der Waals surface area (Å²) in [6.45, 7) is 0.792. The van der Waals surface area contributed by atoms with E-state index in [2.05, 4.69) is 11.4 Å². The molecule has 0 radical (unpaired) electrons. The zero-order chi connectivity index (χ0) is 16.4. The molecule has 0 spiro atoms. The maximum Gasteiger partial charge on any atom is 0.416 e. The van der Waals surface area contributed by atoms with Crippen molar-refractivity contribution in [2.24, 2.45) is 5.92 Å². The molecule has 2 nitrogen and oxygen atoms in total. The molecule has 0 bridgehead atoms. The van der Waals surface area contributed by atoms with E-state index in [4.69, 9.17) is 4.74 Å². The maximum atomic E-state index is 12.6. The van der Waals surface area contributed by atoms with E-state index >= 15 is 0 Å². The lowest BCUT2D eigenvalue weighted by Gasteiger charge is -2.22. The standard InChI is InChI=1S/C18H18F3NO/c1-22-11-13-10-12-4-2-3-5-16(12)17(13)23-15-8-6-14(7-9-15)18(19,20)21/h2-9,13,17,22H,10-11H2,1H3/t13-,17+/m1/s1. The van der Waals surface area contributed by atoms with E-state index in [0.717, 1.165) is 30.7 Å². The largest absolute Gasteiger partial charge is 0.485 e. The summed E-state index contributed by atoms with van der Waals surface area (Å²) in [5.74, 6) is 0.723. The molecule has 122 valence electrons. The van der Waals surface area contributed by atoms with Crippen LogP contribution >= 0.6 is 0 Å². The Morgan fingerprint density at radius 1 is 1.09 bits per heavy atom. The minimum Gasteiger partial charge on any atom is -0.485 e. The van der Waals surface area contributed by atoms with Crippen LogP contribution in [0.25, 0.3) is 0 Å². The number of hydrogen-bond acceptors (Lipinski definition) is 2. The fourth-order valence-corrected chi connectivity index (χ4v) is 3.11. The van der Waals surface area contributed by atoms with Gasteiger partial charge in [0.1, 0.15) is 11.9 Å². The number of fused-ring (bicyclic) bond motifs is 1. The summed E-state index contributed by atoms with van der Waals surface area (Å²) in [7, 11) is 1.89. The van der Waals surface area contributed by atoms with Crippen molar-refractivity contribution in [2.75, 3.05) is 13.6 Å². The number of nitrogens with one attached hydrogen (secondary N) is 1. The number of halogens is 3. The van der Waals surface area contributed by atoms with Gasteiger partial charge in [0.25, 0.3) is 0 Å². The highest BCUT2D eigenvalue weighted by atomic mass is 19.4. The molecule has 2 aromatic carbocycles. The Hall–Kier alpha value is -2.01. The molecular formula is C18H18F3NO.